The van der Waals surface area contributed by atoms with E-state index in [2.05, 4.69) is 44.5 Å². The maximum atomic E-state index is 13.2. The molecule has 0 aliphatic carbocycles. The monoisotopic (exact) mass is 430 g/mol. The summed E-state index contributed by atoms with van der Waals surface area (Å²) in [6.07, 6.45) is 0.937. The van der Waals surface area contributed by atoms with Gasteiger partial charge in [-0.05, 0) is 51.6 Å². The number of pyridine rings is 1. The fourth-order valence-electron chi connectivity index (χ4n) is 4.31. The minimum absolute atomic E-state index is 0.118. The van der Waals surface area contributed by atoms with Gasteiger partial charge in [0.1, 0.15) is 6.04 Å². The fraction of sp³-hybridized carbons (Fsp3) is 0.333. The standard InChI is InChI=1S/C24H26N6O2/c1-2-17-8-9-21-19(14-17)15-20(24(31)25-21)22(29-10-12-32-13-11-29)23-26-27-28-30(23)16-18-6-4-3-5-7-18/h3-9,14-15,22H,2,10-13,16H2,1H3,(H,25,31)/t22-/m0/s1. The number of rotatable bonds is 6. The number of morpholine rings is 1. The average molecular weight is 431 g/mol. The van der Waals surface area contributed by atoms with Gasteiger partial charge in [-0.2, -0.15) is 0 Å². The predicted molar refractivity (Wildman–Crippen MR) is 122 cm³/mol. The second-order valence-electron chi connectivity index (χ2n) is 8.06. The van der Waals surface area contributed by atoms with Crippen molar-refractivity contribution >= 4 is 10.9 Å². The van der Waals surface area contributed by atoms with Crippen molar-refractivity contribution in [3.8, 4) is 0 Å². The summed E-state index contributed by atoms with van der Waals surface area (Å²) in [6.45, 7) is 5.30. The van der Waals surface area contributed by atoms with Gasteiger partial charge in [0.15, 0.2) is 5.82 Å². The highest BCUT2D eigenvalue weighted by molar-refractivity contribution is 5.80. The summed E-state index contributed by atoms with van der Waals surface area (Å²) < 4.78 is 7.37. The SMILES string of the molecule is CCc1ccc2[nH]c(=O)c([C@@H](c3nnnn3Cc3ccccc3)N3CCOCC3)cc2c1. The lowest BCUT2D eigenvalue weighted by atomic mass is 10.0. The number of fused-ring (bicyclic) bond motifs is 1. The lowest BCUT2D eigenvalue weighted by Gasteiger charge is -2.33. The van der Waals surface area contributed by atoms with Gasteiger partial charge in [-0.25, -0.2) is 4.68 Å². The van der Waals surface area contributed by atoms with Crippen molar-refractivity contribution in [3.05, 3.63) is 87.5 Å². The first-order valence-corrected chi connectivity index (χ1v) is 11.0. The number of aryl methyl sites for hydroxylation is 1. The second-order valence-corrected chi connectivity index (χ2v) is 8.06. The first kappa shape index (κ1) is 20.5. The third kappa shape index (κ3) is 4.06. The van der Waals surface area contributed by atoms with Crippen LogP contribution in [0.1, 0.15) is 35.5 Å². The number of aromatic nitrogens is 5. The van der Waals surface area contributed by atoms with Gasteiger partial charge in [-0.3, -0.25) is 9.69 Å². The van der Waals surface area contributed by atoms with Crippen molar-refractivity contribution in [2.24, 2.45) is 0 Å². The summed E-state index contributed by atoms with van der Waals surface area (Å²) in [4.78, 5) is 18.5. The van der Waals surface area contributed by atoms with E-state index in [9.17, 15) is 4.79 Å². The quantitative estimate of drug-likeness (QED) is 0.506. The number of hydrogen-bond donors (Lipinski definition) is 1. The molecule has 2 aromatic heterocycles. The molecule has 4 aromatic rings. The highest BCUT2D eigenvalue weighted by atomic mass is 16.5. The molecule has 0 radical (unpaired) electrons. The molecule has 2 aromatic carbocycles. The van der Waals surface area contributed by atoms with Crippen LogP contribution in [0, 0.1) is 0 Å². The van der Waals surface area contributed by atoms with Crippen molar-refractivity contribution in [3.63, 3.8) is 0 Å². The van der Waals surface area contributed by atoms with Crippen LogP contribution in [-0.4, -0.2) is 56.4 Å². The molecule has 0 amide bonds. The van der Waals surface area contributed by atoms with Gasteiger partial charge in [0.2, 0.25) is 0 Å². The van der Waals surface area contributed by atoms with E-state index in [1.54, 1.807) is 4.68 Å². The van der Waals surface area contributed by atoms with Crippen LogP contribution in [0.2, 0.25) is 0 Å². The lowest BCUT2D eigenvalue weighted by Crippen LogP contribution is -2.42. The molecule has 1 saturated heterocycles. The van der Waals surface area contributed by atoms with E-state index in [0.717, 1.165) is 22.9 Å². The maximum absolute atomic E-state index is 13.2. The summed E-state index contributed by atoms with van der Waals surface area (Å²) >= 11 is 0. The molecule has 1 aliphatic rings. The van der Waals surface area contributed by atoms with Crippen LogP contribution in [0.15, 0.2) is 59.4 Å². The highest BCUT2D eigenvalue weighted by Crippen LogP contribution is 2.28. The topological polar surface area (TPSA) is 88.9 Å². The van der Waals surface area contributed by atoms with E-state index in [0.29, 0.717) is 44.2 Å². The summed E-state index contributed by atoms with van der Waals surface area (Å²) in [5.41, 5.74) is 3.69. The van der Waals surface area contributed by atoms with Gasteiger partial charge in [-0.15, -0.1) is 5.10 Å². The van der Waals surface area contributed by atoms with Crippen LogP contribution in [0.4, 0.5) is 0 Å². The molecule has 0 spiro atoms. The Balaban J connectivity index is 1.62. The van der Waals surface area contributed by atoms with Crippen LogP contribution in [0.25, 0.3) is 10.9 Å². The third-order valence-electron chi connectivity index (χ3n) is 6.03. The zero-order valence-corrected chi connectivity index (χ0v) is 18.1. The van der Waals surface area contributed by atoms with Gasteiger partial charge < -0.3 is 9.72 Å². The molecule has 0 saturated carbocycles. The Labute approximate surface area is 185 Å². The van der Waals surface area contributed by atoms with E-state index in [1.165, 1.54) is 5.56 Å². The summed E-state index contributed by atoms with van der Waals surface area (Å²) in [5.74, 6) is 0.659. The zero-order chi connectivity index (χ0) is 21.9. The maximum Gasteiger partial charge on any atom is 0.253 e. The molecular formula is C24H26N6O2. The van der Waals surface area contributed by atoms with E-state index >= 15 is 0 Å². The van der Waals surface area contributed by atoms with Crippen molar-refractivity contribution < 1.29 is 4.74 Å². The Morgan fingerprint density at radius 3 is 2.66 bits per heavy atom. The number of hydrogen-bond acceptors (Lipinski definition) is 6. The molecule has 32 heavy (non-hydrogen) atoms. The first-order valence-electron chi connectivity index (χ1n) is 11.0. The van der Waals surface area contributed by atoms with Gasteiger partial charge in [0, 0.05) is 24.2 Å². The fourth-order valence-corrected chi connectivity index (χ4v) is 4.31. The highest BCUT2D eigenvalue weighted by Gasteiger charge is 2.31. The normalized spacial score (nSPS) is 15.8. The summed E-state index contributed by atoms with van der Waals surface area (Å²) in [5, 5.41) is 13.6. The third-order valence-corrected chi connectivity index (χ3v) is 6.03. The van der Waals surface area contributed by atoms with Gasteiger partial charge >= 0.3 is 0 Å². The summed E-state index contributed by atoms with van der Waals surface area (Å²) in [7, 11) is 0. The van der Waals surface area contributed by atoms with E-state index in [-0.39, 0.29) is 11.6 Å². The molecule has 8 heteroatoms. The number of nitrogens with one attached hydrogen (secondary N) is 1. The smallest absolute Gasteiger partial charge is 0.253 e. The molecule has 1 N–H and O–H groups in total. The Kier molecular flexibility index (Phi) is 5.79. The number of tetrazole rings is 1. The minimum Gasteiger partial charge on any atom is -0.379 e. The van der Waals surface area contributed by atoms with Crippen LogP contribution in [0.3, 0.4) is 0 Å². The lowest BCUT2D eigenvalue weighted by molar-refractivity contribution is 0.0214. The van der Waals surface area contributed by atoms with Crippen LogP contribution >= 0.6 is 0 Å². The molecule has 3 heterocycles. The molecule has 8 nitrogen and oxygen atoms in total. The van der Waals surface area contributed by atoms with Gasteiger partial charge in [-0.1, -0.05) is 43.3 Å². The van der Waals surface area contributed by atoms with Crippen molar-refractivity contribution in [2.45, 2.75) is 25.9 Å². The van der Waals surface area contributed by atoms with Crippen molar-refractivity contribution in [1.82, 2.24) is 30.1 Å². The molecule has 0 unspecified atom stereocenters. The molecule has 1 atom stereocenters. The molecule has 164 valence electrons. The summed E-state index contributed by atoms with van der Waals surface area (Å²) in [6, 6.07) is 17.9. The molecule has 1 fully saturated rings. The number of H-pyrrole nitrogens is 1. The Morgan fingerprint density at radius 2 is 1.88 bits per heavy atom. The second kappa shape index (κ2) is 9.02. The number of aromatic amines is 1. The van der Waals surface area contributed by atoms with Crippen LogP contribution < -0.4 is 5.56 Å². The molecule has 5 rings (SSSR count). The minimum atomic E-state index is -0.365. The Hall–Kier alpha value is -3.36. The number of ether oxygens (including phenoxy) is 1. The Bertz CT molecular complexity index is 1260. The molecular weight excluding hydrogens is 404 g/mol. The first-order chi connectivity index (χ1) is 15.7. The number of benzene rings is 2. The van der Waals surface area contributed by atoms with E-state index in [4.69, 9.17) is 4.74 Å². The Morgan fingerprint density at radius 1 is 1.06 bits per heavy atom. The van der Waals surface area contributed by atoms with Gasteiger partial charge in [0.25, 0.3) is 5.56 Å². The largest absolute Gasteiger partial charge is 0.379 e. The molecule has 1 aliphatic heterocycles. The van der Waals surface area contributed by atoms with Crippen molar-refractivity contribution in [1.29, 1.82) is 0 Å². The van der Waals surface area contributed by atoms with Gasteiger partial charge in [0.05, 0.1) is 19.8 Å². The number of nitrogens with zero attached hydrogens (tertiary/aromatic N) is 5. The zero-order valence-electron chi connectivity index (χ0n) is 18.1. The van der Waals surface area contributed by atoms with Crippen LogP contribution in [0.5, 0.6) is 0 Å². The predicted octanol–water partition coefficient (Wildman–Crippen LogP) is 2.55. The molecule has 0 bridgehead atoms. The van der Waals surface area contributed by atoms with Crippen LogP contribution in [-0.2, 0) is 17.7 Å². The van der Waals surface area contributed by atoms with E-state index < -0.39 is 0 Å². The van der Waals surface area contributed by atoms with E-state index in [1.807, 2.05) is 42.5 Å². The average Bonchev–Trinajstić information content (AvgIpc) is 3.28. The van der Waals surface area contributed by atoms with Crippen molar-refractivity contribution in [2.75, 3.05) is 26.3 Å².